The van der Waals surface area contributed by atoms with Crippen molar-refractivity contribution < 1.29 is 18.0 Å². The molecule has 0 fully saturated rings. The van der Waals surface area contributed by atoms with Gasteiger partial charge in [-0.3, -0.25) is 4.79 Å². The molecule has 1 atom stereocenters. The molecule has 1 aromatic heterocycles. The van der Waals surface area contributed by atoms with E-state index in [9.17, 15) is 18.0 Å². The first-order valence-electron chi connectivity index (χ1n) is 6.71. The molecule has 0 aliphatic heterocycles. The minimum Gasteiger partial charge on any atom is -0.362 e. The standard InChI is InChI=1S/C13H20F3N5O/c1-7(11(22)21-13(2,3)4)19-12-18-5-8(14)10(20-12)17-6-9(15)16/h5,7,9H,6H2,1-4H3,(H,21,22)(H2,17,18,19,20). The van der Waals surface area contributed by atoms with Gasteiger partial charge in [0.2, 0.25) is 11.9 Å². The van der Waals surface area contributed by atoms with Crippen LogP contribution in [-0.4, -0.2) is 40.4 Å². The summed E-state index contributed by atoms with van der Waals surface area (Å²) in [5.74, 6) is -1.52. The van der Waals surface area contributed by atoms with Crippen molar-refractivity contribution in [3.8, 4) is 0 Å². The summed E-state index contributed by atoms with van der Waals surface area (Å²) in [7, 11) is 0. The van der Waals surface area contributed by atoms with Crippen molar-refractivity contribution in [3.63, 3.8) is 0 Å². The van der Waals surface area contributed by atoms with E-state index in [0.717, 1.165) is 6.20 Å². The number of halogens is 3. The molecule has 1 amide bonds. The average molecular weight is 319 g/mol. The van der Waals surface area contributed by atoms with Gasteiger partial charge in [-0.25, -0.2) is 18.2 Å². The maximum absolute atomic E-state index is 13.4. The van der Waals surface area contributed by atoms with Crippen molar-refractivity contribution in [2.24, 2.45) is 0 Å². The van der Waals surface area contributed by atoms with E-state index >= 15 is 0 Å². The summed E-state index contributed by atoms with van der Waals surface area (Å²) in [5.41, 5.74) is -0.402. The SMILES string of the molecule is CC(Nc1ncc(F)c(NCC(F)F)n1)C(=O)NC(C)(C)C. The molecule has 0 aliphatic rings. The van der Waals surface area contributed by atoms with E-state index in [2.05, 4.69) is 25.9 Å². The number of nitrogens with zero attached hydrogens (tertiary/aromatic N) is 2. The van der Waals surface area contributed by atoms with E-state index in [0.29, 0.717) is 0 Å². The van der Waals surface area contributed by atoms with Gasteiger partial charge in [0.05, 0.1) is 12.7 Å². The fraction of sp³-hybridized carbons (Fsp3) is 0.615. The molecule has 0 radical (unpaired) electrons. The molecule has 1 unspecified atom stereocenters. The number of alkyl halides is 2. The van der Waals surface area contributed by atoms with Gasteiger partial charge in [-0.2, -0.15) is 4.98 Å². The van der Waals surface area contributed by atoms with Crippen LogP contribution < -0.4 is 16.0 Å². The molecule has 1 heterocycles. The van der Waals surface area contributed by atoms with Crippen molar-refractivity contribution in [3.05, 3.63) is 12.0 Å². The minimum atomic E-state index is -2.64. The predicted octanol–water partition coefficient (Wildman–Crippen LogP) is 2.01. The highest BCUT2D eigenvalue weighted by molar-refractivity contribution is 5.84. The minimum absolute atomic E-state index is 0.0327. The summed E-state index contributed by atoms with van der Waals surface area (Å²) in [6.07, 6.45) is -1.79. The number of carbonyl (C=O) groups is 1. The Bertz CT molecular complexity index is 519. The topological polar surface area (TPSA) is 78.9 Å². The van der Waals surface area contributed by atoms with Crippen molar-refractivity contribution in [1.29, 1.82) is 0 Å². The fourth-order valence-corrected chi connectivity index (χ4v) is 1.47. The second-order valence-electron chi connectivity index (χ2n) is 5.77. The van der Waals surface area contributed by atoms with Crippen LogP contribution in [0.5, 0.6) is 0 Å². The van der Waals surface area contributed by atoms with Crippen LogP contribution in [0.2, 0.25) is 0 Å². The molecule has 0 aliphatic carbocycles. The lowest BCUT2D eigenvalue weighted by Gasteiger charge is -2.23. The Morgan fingerprint density at radius 3 is 2.55 bits per heavy atom. The van der Waals surface area contributed by atoms with E-state index in [1.807, 2.05) is 20.8 Å². The van der Waals surface area contributed by atoms with Gasteiger partial charge >= 0.3 is 0 Å². The van der Waals surface area contributed by atoms with Crippen LogP contribution in [0.4, 0.5) is 24.9 Å². The zero-order valence-electron chi connectivity index (χ0n) is 12.9. The Morgan fingerprint density at radius 2 is 2.00 bits per heavy atom. The Hall–Kier alpha value is -2.06. The van der Waals surface area contributed by atoms with Crippen molar-refractivity contribution >= 4 is 17.7 Å². The van der Waals surface area contributed by atoms with Crippen LogP contribution in [0.15, 0.2) is 6.20 Å². The molecule has 3 N–H and O–H groups in total. The first-order valence-corrected chi connectivity index (χ1v) is 6.71. The number of rotatable bonds is 6. The maximum atomic E-state index is 13.4. The van der Waals surface area contributed by atoms with E-state index in [4.69, 9.17) is 0 Å². The van der Waals surface area contributed by atoms with Gasteiger partial charge in [0.1, 0.15) is 6.04 Å². The third kappa shape index (κ3) is 6.15. The highest BCUT2D eigenvalue weighted by Gasteiger charge is 2.20. The molecule has 9 heteroatoms. The van der Waals surface area contributed by atoms with Gasteiger partial charge in [0.25, 0.3) is 6.43 Å². The first-order chi connectivity index (χ1) is 10.1. The first kappa shape index (κ1) is 18.0. The van der Waals surface area contributed by atoms with Crippen LogP contribution in [-0.2, 0) is 4.79 Å². The fourth-order valence-electron chi connectivity index (χ4n) is 1.47. The van der Waals surface area contributed by atoms with Gasteiger partial charge < -0.3 is 16.0 Å². The summed E-state index contributed by atoms with van der Waals surface area (Å²) in [5, 5.41) is 7.63. The monoisotopic (exact) mass is 319 g/mol. The van der Waals surface area contributed by atoms with E-state index < -0.39 is 30.4 Å². The largest absolute Gasteiger partial charge is 0.362 e. The summed E-state index contributed by atoms with van der Waals surface area (Å²) in [6, 6.07) is -0.673. The van der Waals surface area contributed by atoms with E-state index in [1.165, 1.54) is 0 Å². The van der Waals surface area contributed by atoms with Crippen LogP contribution >= 0.6 is 0 Å². The quantitative estimate of drug-likeness (QED) is 0.747. The van der Waals surface area contributed by atoms with Crippen molar-refractivity contribution in [1.82, 2.24) is 15.3 Å². The zero-order valence-corrected chi connectivity index (χ0v) is 12.9. The van der Waals surface area contributed by atoms with Crippen LogP contribution in [0, 0.1) is 5.82 Å². The van der Waals surface area contributed by atoms with Crippen LogP contribution in [0.1, 0.15) is 27.7 Å². The highest BCUT2D eigenvalue weighted by atomic mass is 19.3. The molecular formula is C13H20F3N5O. The molecule has 0 saturated carbocycles. The Labute approximate surface area is 126 Å². The normalized spacial score (nSPS) is 12.9. The predicted molar refractivity (Wildman–Crippen MR) is 77.5 cm³/mol. The summed E-state index contributed by atoms with van der Waals surface area (Å²) in [4.78, 5) is 19.3. The number of hydrogen-bond acceptors (Lipinski definition) is 5. The molecule has 1 aromatic rings. The van der Waals surface area contributed by atoms with Gasteiger partial charge in [0, 0.05) is 5.54 Å². The van der Waals surface area contributed by atoms with Gasteiger partial charge in [-0.1, -0.05) is 0 Å². The highest BCUT2D eigenvalue weighted by Crippen LogP contribution is 2.13. The lowest BCUT2D eigenvalue weighted by atomic mass is 10.1. The van der Waals surface area contributed by atoms with Crippen LogP contribution in [0.25, 0.3) is 0 Å². The lowest BCUT2D eigenvalue weighted by molar-refractivity contribution is -0.122. The number of anilines is 2. The van der Waals surface area contributed by atoms with Gasteiger partial charge in [-0.05, 0) is 27.7 Å². The lowest BCUT2D eigenvalue weighted by Crippen LogP contribution is -2.47. The molecule has 0 bridgehead atoms. The molecule has 22 heavy (non-hydrogen) atoms. The summed E-state index contributed by atoms with van der Waals surface area (Å²) < 4.78 is 37.7. The molecule has 0 spiro atoms. The van der Waals surface area contributed by atoms with Crippen LogP contribution in [0.3, 0.4) is 0 Å². The Morgan fingerprint density at radius 1 is 1.36 bits per heavy atom. The molecule has 124 valence electrons. The van der Waals surface area contributed by atoms with E-state index in [1.54, 1.807) is 6.92 Å². The van der Waals surface area contributed by atoms with Crippen molar-refractivity contribution in [2.45, 2.75) is 45.7 Å². The smallest absolute Gasteiger partial charge is 0.255 e. The van der Waals surface area contributed by atoms with Crippen molar-refractivity contribution in [2.75, 3.05) is 17.2 Å². The number of aromatic nitrogens is 2. The molecule has 0 aromatic carbocycles. The molecule has 0 saturated heterocycles. The third-order valence-corrected chi connectivity index (χ3v) is 2.41. The molecule has 6 nitrogen and oxygen atoms in total. The summed E-state index contributed by atoms with van der Waals surface area (Å²) in [6.45, 7) is 6.35. The Kier molecular flexibility index (Phi) is 5.95. The number of nitrogens with one attached hydrogen (secondary N) is 3. The zero-order chi connectivity index (χ0) is 16.9. The number of hydrogen-bond donors (Lipinski definition) is 3. The average Bonchev–Trinajstić information content (AvgIpc) is 2.37. The van der Waals surface area contributed by atoms with Gasteiger partial charge in [-0.15, -0.1) is 0 Å². The number of amides is 1. The van der Waals surface area contributed by atoms with Gasteiger partial charge in [0.15, 0.2) is 11.6 Å². The molecule has 1 rings (SSSR count). The molecular weight excluding hydrogens is 299 g/mol. The Balaban J connectivity index is 2.73. The number of carbonyl (C=O) groups excluding carboxylic acids is 1. The third-order valence-electron chi connectivity index (χ3n) is 2.41. The second-order valence-corrected chi connectivity index (χ2v) is 5.77. The second kappa shape index (κ2) is 7.28. The maximum Gasteiger partial charge on any atom is 0.255 e. The van der Waals surface area contributed by atoms with E-state index in [-0.39, 0.29) is 17.7 Å². The summed E-state index contributed by atoms with van der Waals surface area (Å²) >= 11 is 0.